The van der Waals surface area contributed by atoms with Crippen molar-refractivity contribution < 1.29 is 4.79 Å². The third-order valence-corrected chi connectivity index (χ3v) is 6.36. The summed E-state index contributed by atoms with van der Waals surface area (Å²) in [5.41, 5.74) is 6.76. The Labute approximate surface area is 181 Å². The number of hydrogen-bond donors (Lipinski definition) is 1. The van der Waals surface area contributed by atoms with Gasteiger partial charge < -0.3 is 5.32 Å². The lowest BCUT2D eigenvalue weighted by Crippen LogP contribution is -2.27. The Morgan fingerprint density at radius 2 is 2.00 bits per heavy atom. The van der Waals surface area contributed by atoms with Crippen LogP contribution in [0.2, 0.25) is 0 Å². The number of hydrogen-bond acceptors (Lipinski definition) is 4. The number of aryl methyl sites for hydroxylation is 1. The van der Waals surface area contributed by atoms with E-state index in [2.05, 4.69) is 47.7 Å². The fraction of sp³-hybridized carbons (Fsp3) is 0.292. The number of nitrogens with one attached hydrogen (secondary N) is 1. The summed E-state index contributed by atoms with van der Waals surface area (Å²) in [6.07, 6.45) is 2.93. The molecule has 0 atom stereocenters. The zero-order valence-corrected chi connectivity index (χ0v) is 17.8. The van der Waals surface area contributed by atoms with E-state index in [1.165, 1.54) is 5.56 Å². The summed E-state index contributed by atoms with van der Waals surface area (Å²) in [5.74, 6) is 1.45. The lowest BCUT2D eigenvalue weighted by Gasteiger charge is -2.06. The van der Waals surface area contributed by atoms with Gasteiger partial charge >= 0.3 is 0 Å². The summed E-state index contributed by atoms with van der Waals surface area (Å²) >= 11 is 1.71. The van der Waals surface area contributed by atoms with E-state index in [1.54, 1.807) is 11.8 Å². The molecule has 30 heavy (non-hydrogen) atoms. The molecule has 1 aromatic heterocycles. The molecule has 0 spiro atoms. The van der Waals surface area contributed by atoms with Gasteiger partial charge in [-0.05, 0) is 49.9 Å². The lowest BCUT2D eigenvalue weighted by atomic mass is 10.1. The predicted octanol–water partition coefficient (Wildman–Crippen LogP) is 4.20. The number of amides is 1. The van der Waals surface area contributed by atoms with Crippen LogP contribution < -0.4 is 5.32 Å². The van der Waals surface area contributed by atoms with Crippen LogP contribution in [0.3, 0.4) is 0 Å². The van der Waals surface area contributed by atoms with Crippen LogP contribution in [0.4, 0.5) is 0 Å². The van der Waals surface area contributed by atoms with Gasteiger partial charge in [-0.2, -0.15) is 22.1 Å². The molecule has 0 saturated carbocycles. The lowest BCUT2D eigenvalue weighted by molar-refractivity contribution is 0.0950. The first-order valence-corrected chi connectivity index (χ1v) is 11.3. The fourth-order valence-corrected chi connectivity index (χ4v) is 4.64. The molecular formula is C24H24N4OS. The molecule has 0 fully saturated rings. The van der Waals surface area contributed by atoms with E-state index in [4.69, 9.17) is 5.26 Å². The molecule has 3 aromatic rings. The molecule has 0 bridgehead atoms. The van der Waals surface area contributed by atoms with Gasteiger partial charge in [0, 0.05) is 29.3 Å². The van der Waals surface area contributed by atoms with E-state index in [0.717, 1.165) is 53.3 Å². The summed E-state index contributed by atoms with van der Waals surface area (Å²) in [6.45, 7) is 2.64. The zero-order valence-electron chi connectivity index (χ0n) is 17.0. The molecule has 0 aliphatic heterocycles. The number of aromatic nitrogens is 2. The summed E-state index contributed by atoms with van der Waals surface area (Å²) in [5, 5.41) is 16.8. The van der Waals surface area contributed by atoms with Gasteiger partial charge in [-0.15, -0.1) is 0 Å². The molecule has 0 radical (unpaired) electrons. The smallest absolute Gasteiger partial charge is 0.272 e. The van der Waals surface area contributed by atoms with Crippen molar-refractivity contribution in [3.05, 3.63) is 82.2 Å². The van der Waals surface area contributed by atoms with E-state index < -0.39 is 0 Å². The topological polar surface area (TPSA) is 70.7 Å². The molecule has 1 aliphatic carbocycles. The first kappa shape index (κ1) is 20.2. The number of nitriles is 1. The number of carbonyl (C=O) groups excluding carboxylic acids is 1. The highest BCUT2D eigenvalue weighted by molar-refractivity contribution is 7.98. The van der Waals surface area contributed by atoms with Crippen LogP contribution in [-0.2, 0) is 18.6 Å². The van der Waals surface area contributed by atoms with Crippen LogP contribution in [0.5, 0.6) is 0 Å². The van der Waals surface area contributed by atoms with Crippen molar-refractivity contribution in [1.29, 1.82) is 5.26 Å². The van der Waals surface area contributed by atoms with Gasteiger partial charge in [0.05, 0.1) is 17.3 Å². The Balaban J connectivity index is 1.37. The van der Waals surface area contributed by atoms with Gasteiger partial charge in [0.2, 0.25) is 0 Å². The maximum atomic E-state index is 12.8. The normalized spacial score (nSPS) is 12.4. The van der Waals surface area contributed by atoms with Gasteiger partial charge in [-0.3, -0.25) is 4.79 Å². The third kappa shape index (κ3) is 4.27. The Hall–Kier alpha value is -3.04. The van der Waals surface area contributed by atoms with Crippen LogP contribution in [0.1, 0.15) is 44.9 Å². The standard InChI is InChI=1S/C24H24N4OS/c1-17-9-11-20(12-10-17)28-22-8-4-7-21(22)23(27-28)24(29)26-13-14-30-16-19-6-3-2-5-18(19)15-25/h2-3,5-6,9-12H,4,7-8,13-14,16H2,1H3,(H,26,29). The average molecular weight is 417 g/mol. The molecule has 0 unspecified atom stereocenters. The summed E-state index contributed by atoms with van der Waals surface area (Å²) in [4.78, 5) is 12.8. The van der Waals surface area contributed by atoms with Gasteiger partial charge in [-0.1, -0.05) is 35.9 Å². The SMILES string of the molecule is Cc1ccc(-n2nc(C(=O)NCCSCc3ccccc3C#N)c3c2CCC3)cc1. The summed E-state index contributed by atoms with van der Waals surface area (Å²) in [6, 6.07) is 18.1. The second kappa shape index (κ2) is 9.19. The second-order valence-corrected chi connectivity index (χ2v) is 8.56. The molecule has 4 rings (SSSR count). The fourth-order valence-electron chi connectivity index (χ4n) is 3.78. The van der Waals surface area contributed by atoms with Crippen LogP contribution in [0.15, 0.2) is 48.5 Å². The quantitative estimate of drug-likeness (QED) is 0.586. The van der Waals surface area contributed by atoms with Crippen LogP contribution in [0.25, 0.3) is 5.69 Å². The van der Waals surface area contributed by atoms with Gasteiger partial charge in [-0.25, -0.2) is 4.68 Å². The van der Waals surface area contributed by atoms with Crippen LogP contribution in [0, 0.1) is 18.3 Å². The molecule has 6 heteroatoms. The Kier molecular flexibility index (Phi) is 6.20. The first-order chi connectivity index (χ1) is 14.7. The van der Waals surface area contributed by atoms with Gasteiger partial charge in [0.15, 0.2) is 5.69 Å². The molecule has 5 nitrogen and oxygen atoms in total. The van der Waals surface area contributed by atoms with E-state index in [9.17, 15) is 4.79 Å². The molecule has 1 amide bonds. The molecular weight excluding hydrogens is 392 g/mol. The van der Waals surface area contributed by atoms with Crippen LogP contribution in [-0.4, -0.2) is 28.0 Å². The van der Waals surface area contributed by atoms with E-state index in [-0.39, 0.29) is 5.91 Å². The summed E-state index contributed by atoms with van der Waals surface area (Å²) in [7, 11) is 0. The molecule has 1 heterocycles. The maximum absolute atomic E-state index is 12.8. The predicted molar refractivity (Wildman–Crippen MR) is 120 cm³/mol. The van der Waals surface area contributed by atoms with E-state index in [1.807, 2.05) is 28.9 Å². The Bertz CT molecular complexity index is 1100. The zero-order chi connectivity index (χ0) is 20.9. The van der Waals surface area contributed by atoms with Crippen molar-refractivity contribution >= 4 is 17.7 Å². The molecule has 152 valence electrons. The highest BCUT2D eigenvalue weighted by Gasteiger charge is 2.26. The maximum Gasteiger partial charge on any atom is 0.272 e. The highest BCUT2D eigenvalue weighted by Crippen LogP contribution is 2.28. The van der Waals surface area contributed by atoms with E-state index >= 15 is 0 Å². The largest absolute Gasteiger partial charge is 0.350 e. The van der Waals surface area contributed by atoms with Gasteiger partial charge in [0.25, 0.3) is 5.91 Å². The number of thioether (sulfide) groups is 1. The molecule has 0 saturated heterocycles. The molecule has 1 aliphatic rings. The number of rotatable bonds is 7. The third-order valence-electron chi connectivity index (χ3n) is 5.35. The van der Waals surface area contributed by atoms with Crippen molar-refractivity contribution in [3.8, 4) is 11.8 Å². The molecule has 1 N–H and O–H groups in total. The van der Waals surface area contributed by atoms with Crippen LogP contribution >= 0.6 is 11.8 Å². The first-order valence-electron chi connectivity index (χ1n) is 10.2. The number of carbonyl (C=O) groups is 1. The van der Waals surface area contributed by atoms with Gasteiger partial charge in [0.1, 0.15) is 0 Å². The van der Waals surface area contributed by atoms with E-state index in [0.29, 0.717) is 17.8 Å². The minimum Gasteiger partial charge on any atom is -0.350 e. The number of nitrogens with zero attached hydrogens (tertiary/aromatic N) is 3. The van der Waals surface area contributed by atoms with Crippen molar-refractivity contribution in [2.75, 3.05) is 12.3 Å². The van der Waals surface area contributed by atoms with Crippen molar-refractivity contribution in [3.63, 3.8) is 0 Å². The number of benzene rings is 2. The van der Waals surface area contributed by atoms with Crippen molar-refractivity contribution in [2.45, 2.75) is 31.9 Å². The molecule has 2 aromatic carbocycles. The highest BCUT2D eigenvalue weighted by atomic mass is 32.2. The minimum absolute atomic E-state index is 0.1000. The number of fused-ring (bicyclic) bond motifs is 1. The second-order valence-electron chi connectivity index (χ2n) is 7.45. The Morgan fingerprint density at radius 1 is 1.20 bits per heavy atom. The average Bonchev–Trinajstić information content (AvgIpc) is 3.37. The monoisotopic (exact) mass is 416 g/mol. The summed E-state index contributed by atoms with van der Waals surface area (Å²) < 4.78 is 1.93. The minimum atomic E-state index is -0.1000. The van der Waals surface area contributed by atoms with Crippen molar-refractivity contribution in [1.82, 2.24) is 15.1 Å². The van der Waals surface area contributed by atoms with Crippen molar-refractivity contribution in [2.24, 2.45) is 0 Å². The Morgan fingerprint density at radius 3 is 2.80 bits per heavy atom.